The molecule has 21 heavy (non-hydrogen) atoms. The Kier molecular flexibility index (Phi) is 6.20. The van der Waals surface area contributed by atoms with Crippen molar-refractivity contribution in [2.24, 2.45) is 0 Å². The van der Waals surface area contributed by atoms with Crippen LogP contribution in [0, 0.1) is 3.57 Å². The number of alkyl halides is 1. The zero-order valence-electron chi connectivity index (χ0n) is 11.7. The fourth-order valence-electron chi connectivity index (χ4n) is 2.04. The smallest absolute Gasteiger partial charge is 0.160 e. The van der Waals surface area contributed by atoms with Crippen LogP contribution in [-0.2, 0) is 6.42 Å². The third-order valence-electron chi connectivity index (χ3n) is 3.17. The molecule has 2 aromatic carbocycles. The number of hydrogen-bond donors (Lipinski definition) is 0. The summed E-state index contributed by atoms with van der Waals surface area (Å²) in [4.78, 5) is 0.199. The quantitative estimate of drug-likeness (QED) is 0.407. The summed E-state index contributed by atoms with van der Waals surface area (Å²) in [6.45, 7) is 0. The van der Waals surface area contributed by atoms with Crippen LogP contribution in [0.1, 0.15) is 16.0 Å². The third kappa shape index (κ3) is 4.27. The van der Waals surface area contributed by atoms with E-state index in [0.29, 0.717) is 0 Å². The van der Waals surface area contributed by atoms with Gasteiger partial charge in [0.05, 0.1) is 19.2 Å². The second kappa shape index (κ2) is 7.70. The van der Waals surface area contributed by atoms with Gasteiger partial charge in [0, 0.05) is 8.40 Å². The van der Waals surface area contributed by atoms with Crippen LogP contribution < -0.4 is 9.47 Å². The van der Waals surface area contributed by atoms with Crippen molar-refractivity contribution in [3.05, 3.63) is 56.1 Å². The van der Waals surface area contributed by atoms with E-state index >= 15 is 0 Å². The monoisotopic (exact) mass is 480 g/mol. The second-order valence-electron chi connectivity index (χ2n) is 4.53. The summed E-state index contributed by atoms with van der Waals surface area (Å²) >= 11 is 12.1. The second-order valence-corrected chi connectivity index (χ2v) is 7.21. The molecule has 0 amide bonds. The van der Waals surface area contributed by atoms with Gasteiger partial charge in [0.25, 0.3) is 0 Å². The molecule has 0 saturated carbocycles. The summed E-state index contributed by atoms with van der Waals surface area (Å²) in [5.74, 6) is 1.49. The topological polar surface area (TPSA) is 18.5 Å². The van der Waals surface area contributed by atoms with Crippen molar-refractivity contribution in [1.82, 2.24) is 0 Å². The first-order valence-electron chi connectivity index (χ1n) is 6.35. The van der Waals surface area contributed by atoms with Gasteiger partial charge in [-0.05, 0) is 64.4 Å². The fraction of sp³-hybridized carbons (Fsp3) is 0.250. The maximum atomic E-state index is 6.18. The summed E-state index contributed by atoms with van der Waals surface area (Å²) in [7, 11) is 3.28. The molecule has 0 aliphatic heterocycles. The lowest BCUT2D eigenvalue weighted by atomic mass is 10.0. The van der Waals surface area contributed by atoms with Crippen molar-refractivity contribution in [3.63, 3.8) is 0 Å². The van der Waals surface area contributed by atoms with E-state index in [1.807, 2.05) is 30.3 Å². The van der Waals surface area contributed by atoms with Crippen LogP contribution in [-0.4, -0.2) is 14.2 Å². The lowest BCUT2D eigenvalue weighted by Crippen LogP contribution is -1.98. The molecule has 0 fully saturated rings. The number of halogens is 3. The Morgan fingerprint density at radius 1 is 1.10 bits per heavy atom. The standard InChI is InChI=1S/C16H15BrClIO2/c1-20-15-6-3-10(8-16(15)21-2)7-12(17)11-4-5-14(19)13(18)9-11/h3-6,8-9,12H,7H2,1-2H3. The van der Waals surface area contributed by atoms with Gasteiger partial charge in [0.1, 0.15) is 0 Å². The number of ether oxygens (including phenoxy) is 2. The predicted molar refractivity (Wildman–Crippen MR) is 99.1 cm³/mol. The van der Waals surface area contributed by atoms with Crippen molar-refractivity contribution in [2.75, 3.05) is 14.2 Å². The summed E-state index contributed by atoms with van der Waals surface area (Å²) in [5, 5.41) is 0.782. The van der Waals surface area contributed by atoms with Gasteiger partial charge in [-0.25, -0.2) is 0 Å². The molecule has 0 aliphatic rings. The molecule has 1 atom stereocenters. The molecule has 112 valence electrons. The highest BCUT2D eigenvalue weighted by Crippen LogP contribution is 2.33. The van der Waals surface area contributed by atoms with Gasteiger partial charge in [-0.3, -0.25) is 0 Å². The van der Waals surface area contributed by atoms with Crippen molar-refractivity contribution >= 4 is 50.1 Å². The van der Waals surface area contributed by atoms with E-state index in [2.05, 4.69) is 44.6 Å². The zero-order chi connectivity index (χ0) is 15.4. The van der Waals surface area contributed by atoms with Gasteiger partial charge in [0.2, 0.25) is 0 Å². The molecule has 0 spiro atoms. The minimum Gasteiger partial charge on any atom is -0.493 e. The highest BCUT2D eigenvalue weighted by Gasteiger charge is 2.12. The molecular formula is C16H15BrClIO2. The Balaban J connectivity index is 2.18. The van der Waals surface area contributed by atoms with Crippen LogP contribution in [0.5, 0.6) is 11.5 Å². The molecule has 0 N–H and O–H groups in total. The molecule has 2 rings (SSSR count). The van der Waals surface area contributed by atoms with Crippen LogP contribution in [0.2, 0.25) is 5.02 Å². The van der Waals surface area contributed by atoms with Gasteiger partial charge in [-0.1, -0.05) is 39.7 Å². The highest BCUT2D eigenvalue weighted by atomic mass is 127. The van der Waals surface area contributed by atoms with E-state index in [1.165, 1.54) is 5.56 Å². The molecule has 2 nitrogen and oxygen atoms in total. The molecular weight excluding hydrogens is 466 g/mol. The Bertz CT molecular complexity index is 634. The van der Waals surface area contributed by atoms with Gasteiger partial charge in [-0.15, -0.1) is 0 Å². The first kappa shape index (κ1) is 16.9. The van der Waals surface area contributed by atoms with E-state index in [4.69, 9.17) is 21.1 Å². The minimum absolute atomic E-state index is 0.199. The van der Waals surface area contributed by atoms with E-state index in [-0.39, 0.29) is 4.83 Å². The number of methoxy groups -OCH3 is 2. The minimum atomic E-state index is 0.199. The van der Waals surface area contributed by atoms with Gasteiger partial charge in [-0.2, -0.15) is 0 Å². The summed E-state index contributed by atoms with van der Waals surface area (Å²) < 4.78 is 11.7. The first-order chi connectivity index (χ1) is 10.0. The normalized spacial score (nSPS) is 12.0. The lowest BCUT2D eigenvalue weighted by Gasteiger charge is -2.13. The van der Waals surface area contributed by atoms with Crippen molar-refractivity contribution in [1.29, 1.82) is 0 Å². The van der Waals surface area contributed by atoms with Crippen LogP contribution >= 0.6 is 50.1 Å². The van der Waals surface area contributed by atoms with E-state index < -0.39 is 0 Å². The molecule has 0 radical (unpaired) electrons. The zero-order valence-corrected chi connectivity index (χ0v) is 16.2. The van der Waals surface area contributed by atoms with E-state index in [1.54, 1.807) is 14.2 Å². The van der Waals surface area contributed by atoms with Crippen molar-refractivity contribution in [3.8, 4) is 11.5 Å². The van der Waals surface area contributed by atoms with Crippen LogP contribution in [0.25, 0.3) is 0 Å². The van der Waals surface area contributed by atoms with E-state index in [0.717, 1.165) is 32.1 Å². The maximum absolute atomic E-state index is 6.18. The number of rotatable bonds is 5. The summed E-state index contributed by atoms with van der Waals surface area (Å²) in [6.07, 6.45) is 0.845. The Morgan fingerprint density at radius 2 is 1.81 bits per heavy atom. The predicted octanol–water partition coefficient (Wildman–Crippen LogP) is 5.64. The molecule has 0 heterocycles. The number of hydrogen-bond acceptors (Lipinski definition) is 2. The Morgan fingerprint density at radius 3 is 2.43 bits per heavy atom. The average molecular weight is 482 g/mol. The summed E-state index contributed by atoms with van der Waals surface area (Å²) in [5.41, 5.74) is 2.33. The van der Waals surface area contributed by atoms with Crippen molar-refractivity contribution < 1.29 is 9.47 Å². The Hall–Kier alpha value is -0.460. The Labute approximate surface area is 152 Å². The van der Waals surface area contributed by atoms with E-state index in [9.17, 15) is 0 Å². The average Bonchev–Trinajstić information content (AvgIpc) is 2.49. The molecule has 0 bridgehead atoms. The van der Waals surface area contributed by atoms with Crippen LogP contribution in [0.4, 0.5) is 0 Å². The lowest BCUT2D eigenvalue weighted by molar-refractivity contribution is 0.354. The molecule has 5 heteroatoms. The first-order valence-corrected chi connectivity index (χ1v) is 8.72. The highest BCUT2D eigenvalue weighted by molar-refractivity contribution is 14.1. The summed E-state index contributed by atoms with van der Waals surface area (Å²) in [6, 6.07) is 12.1. The fourth-order valence-corrected chi connectivity index (χ4v) is 3.22. The van der Waals surface area contributed by atoms with Gasteiger partial charge >= 0.3 is 0 Å². The number of benzene rings is 2. The van der Waals surface area contributed by atoms with Crippen LogP contribution in [0.3, 0.4) is 0 Å². The molecule has 0 aromatic heterocycles. The van der Waals surface area contributed by atoms with Crippen LogP contribution in [0.15, 0.2) is 36.4 Å². The van der Waals surface area contributed by atoms with Crippen molar-refractivity contribution in [2.45, 2.75) is 11.2 Å². The molecule has 1 unspecified atom stereocenters. The molecule has 0 aliphatic carbocycles. The maximum Gasteiger partial charge on any atom is 0.160 e. The van der Waals surface area contributed by atoms with Gasteiger partial charge < -0.3 is 9.47 Å². The largest absolute Gasteiger partial charge is 0.493 e. The van der Waals surface area contributed by atoms with Gasteiger partial charge in [0.15, 0.2) is 11.5 Å². The third-order valence-corrected chi connectivity index (χ3v) is 5.59. The molecule has 2 aromatic rings. The SMILES string of the molecule is COc1ccc(CC(Br)c2ccc(I)c(Cl)c2)cc1OC. The molecule has 0 saturated heterocycles.